The van der Waals surface area contributed by atoms with Crippen molar-refractivity contribution < 1.29 is 4.74 Å². The van der Waals surface area contributed by atoms with Gasteiger partial charge in [-0.15, -0.1) is 0 Å². The van der Waals surface area contributed by atoms with Crippen LogP contribution in [0.3, 0.4) is 0 Å². The quantitative estimate of drug-likeness (QED) is 0.873. The molecule has 0 bridgehead atoms. The number of hydrogen-bond acceptors (Lipinski definition) is 4. The molecule has 0 fully saturated rings. The van der Waals surface area contributed by atoms with E-state index in [1.165, 1.54) is 0 Å². The van der Waals surface area contributed by atoms with Crippen molar-refractivity contribution in [2.75, 3.05) is 7.05 Å². The normalized spacial score (nSPS) is 10.8. The first kappa shape index (κ1) is 14.3. The highest BCUT2D eigenvalue weighted by Crippen LogP contribution is 2.21. The van der Waals surface area contributed by atoms with Crippen molar-refractivity contribution in [2.45, 2.75) is 26.5 Å². The number of aromatic nitrogens is 2. The van der Waals surface area contributed by atoms with Gasteiger partial charge >= 0.3 is 0 Å². The van der Waals surface area contributed by atoms with Gasteiger partial charge in [0.15, 0.2) is 0 Å². The summed E-state index contributed by atoms with van der Waals surface area (Å²) in [4.78, 5) is 11.6. The van der Waals surface area contributed by atoms with Crippen molar-refractivity contribution in [2.24, 2.45) is 0 Å². The highest BCUT2D eigenvalue weighted by molar-refractivity contribution is 5.60. The number of aromatic amines is 1. The minimum Gasteiger partial charge on any atom is -0.491 e. The lowest BCUT2D eigenvalue weighted by Gasteiger charge is -2.10. The van der Waals surface area contributed by atoms with Gasteiger partial charge < -0.3 is 10.1 Å². The lowest BCUT2D eigenvalue weighted by molar-refractivity contribution is 0.242. The number of benzene rings is 1. The van der Waals surface area contributed by atoms with Gasteiger partial charge in [-0.25, -0.2) is 5.10 Å². The monoisotopic (exact) mass is 273 g/mol. The Kier molecular flexibility index (Phi) is 4.53. The molecule has 1 aromatic carbocycles. The van der Waals surface area contributed by atoms with Gasteiger partial charge in [0.05, 0.1) is 11.8 Å². The standard InChI is InChI=1S/C15H19N3O2/c1-10(2)20-13-6-4-11(5-7-13)14-8-12(9-16-3)15(19)18-17-14/h4-8,10,16H,9H2,1-3H3,(H,18,19). The van der Waals surface area contributed by atoms with Gasteiger partial charge in [-0.1, -0.05) is 0 Å². The molecule has 20 heavy (non-hydrogen) atoms. The van der Waals surface area contributed by atoms with Crippen LogP contribution in [0.15, 0.2) is 35.1 Å². The molecule has 0 saturated heterocycles. The fourth-order valence-electron chi connectivity index (χ4n) is 1.89. The van der Waals surface area contributed by atoms with Crippen molar-refractivity contribution in [1.82, 2.24) is 15.5 Å². The Bertz CT molecular complexity index is 618. The minimum absolute atomic E-state index is 0.147. The van der Waals surface area contributed by atoms with E-state index in [2.05, 4.69) is 15.5 Å². The number of ether oxygens (including phenoxy) is 1. The van der Waals surface area contributed by atoms with Crippen molar-refractivity contribution in [3.8, 4) is 17.0 Å². The van der Waals surface area contributed by atoms with Gasteiger partial charge in [-0.3, -0.25) is 4.79 Å². The van der Waals surface area contributed by atoms with E-state index in [1.807, 2.05) is 38.1 Å². The molecular weight excluding hydrogens is 254 g/mol. The average Bonchev–Trinajstić information content (AvgIpc) is 2.42. The van der Waals surface area contributed by atoms with Crippen LogP contribution < -0.4 is 15.6 Å². The van der Waals surface area contributed by atoms with Crippen LogP contribution in [0.25, 0.3) is 11.3 Å². The third-order valence-corrected chi connectivity index (χ3v) is 2.77. The SMILES string of the molecule is CNCc1cc(-c2ccc(OC(C)C)cc2)n[nH]c1=O. The van der Waals surface area contributed by atoms with Gasteiger partial charge in [0.2, 0.25) is 0 Å². The molecule has 0 amide bonds. The van der Waals surface area contributed by atoms with Crippen molar-refractivity contribution >= 4 is 0 Å². The molecule has 2 aromatic rings. The van der Waals surface area contributed by atoms with Crippen LogP contribution in [0.1, 0.15) is 19.4 Å². The molecule has 0 aliphatic carbocycles. The van der Waals surface area contributed by atoms with Gasteiger partial charge in [-0.2, -0.15) is 5.10 Å². The van der Waals surface area contributed by atoms with E-state index in [9.17, 15) is 4.79 Å². The second-order valence-corrected chi connectivity index (χ2v) is 4.83. The molecule has 0 aliphatic heterocycles. The fraction of sp³-hybridized carbons (Fsp3) is 0.333. The van der Waals surface area contributed by atoms with Crippen LogP contribution in [0.5, 0.6) is 5.75 Å². The van der Waals surface area contributed by atoms with Crippen molar-refractivity contribution in [3.63, 3.8) is 0 Å². The number of rotatable bonds is 5. The van der Waals surface area contributed by atoms with Crippen LogP contribution in [0.4, 0.5) is 0 Å². The Labute approximate surface area is 118 Å². The molecule has 0 unspecified atom stereocenters. The topological polar surface area (TPSA) is 67.0 Å². The first-order valence-electron chi connectivity index (χ1n) is 6.60. The zero-order valence-corrected chi connectivity index (χ0v) is 11.9. The minimum atomic E-state index is -0.164. The van der Waals surface area contributed by atoms with Gasteiger partial charge in [0, 0.05) is 17.7 Å². The molecule has 2 rings (SSSR count). The Balaban J connectivity index is 2.27. The summed E-state index contributed by atoms with van der Waals surface area (Å²) in [5.74, 6) is 0.823. The number of nitrogens with one attached hydrogen (secondary N) is 2. The second kappa shape index (κ2) is 6.34. The maximum atomic E-state index is 11.6. The Morgan fingerprint density at radius 1 is 1.30 bits per heavy atom. The third-order valence-electron chi connectivity index (χ3n) is 2.77. The van der Waals surface area contributed by atoms with E-state index >= 15 is 0 Å². The molecule has 0 aliphatic rings. The van der Waals surface area contributed by atoms with Crippen molar-refractivity contribution in [3.05, 3.63) is 46.2 Å². The molecule has 0 radical (unpaired) electrons. The first-order chi connectivity index (χ1) is 9.60. The summed E-state index contributed by atoms with van der Waals surface area (Å²) in [7, 11) is 1.80. The first-order valence-corrected chi connectivity index (χ1v) is 6.60. The summed E-state index contributed by atoms with van der Waals surface area (Å²) in [6.45, 7) is 4.49. The molecule has 2 N–H and O–H groups in total. The summed E-state index contributed by atoms with van der Waals surface area (Å²) in [5, 5.41) is 9.56. The highest BCUT2D eigenvalue weighted by Gasteiger charge is 2.05. The molecule has 0 saturated carbocycles. The van der Waals surface area contributed by atoms with E-state index < -0.39 is 0 Å². The summed E-state index contributed by atoms with van der Waals surface area (Å²) >= 11 is 0. The lowest BCUT2D eigenvalue weighted by Crippen LogP contribution is -2.19. The Morgan fingerprint density at radius 2 is 2.00 bits per heavy atom. The van der Waals surface area contributed by atoms with E-state index in [0.717, 1.165) is 17.0 Å². The van der Waals surface area contributed by atoms with Crippen LogP contribution in [-0.4, -0.2) is 23.3 Å². The van der Waals surface area contributed by atoms with E-state index in [4.69, 9.17) is 4.74 Å². The number of H-pyrrole nitrogens is 1. The van der Waals surface area contributed by atoms with Crippen LogP contribution in [0.2, 0.25) is 0 Å². The summed E-state index contributed by atoms with van der Waals surface area (Å²) in [6, 6.07) is 9.47. The lowest BCUT2D eigenvalue weighted by atomic mass is 10.1. The van der Waals surface area contributed by atoms with Crippen LogP contribution in [0, 0.1) is 0 Å². The molecule has 0 spiro atoms. The van der Waals surface area contributed by atoms with E-state index in [1.54, 1.807) is 13.1 Å². The molecular formula is C15H19N3O2. The Hall–Kier alpha value is -2.14. The number of hydrogen-bond donors (Lipinski definition) is 2. The largest absolute Gasteiger partial charge is 0.491 e. The van der Waals surface area contributed by atoms with E-state index in [0.29, 0.717) is 12.1 Å². The molecule has 1 heterocycles. The molecule has 5 nitrogen and oxygen atoms in total. The zero-order chi connectivity index (χ0) is 14.5. The van der Waals surface area contributed by atoms with Gasteiger partial charge in [0.1, 0.15) is 5.75 Å². The molecule has 0 atom stereocenters. The second-order valence-electron chi connectivity index (χ2n) is 4.83. The molecule has 5 heteroatoms. The number of nitrogens with zero attached hydrogens (tertiary/aromatic N) is 1. The fourth-order valence-corrected chi connectivity index (χ4v) is 1.89. The maximum absolute atomic E-state index is 11.6. The third kappa shape index (κ3) is 3.45. The van der Waals surface area contributed by atoms with Gasteiger partial charge in [0.25, 0.3) is 5.56 Å². The maximum Gasteiger partial charge on any atom is 0.268 e. The molecule has 1 aromatic heterocycles. The highest BCUT2D eigenvalue weighted by atomic mass is 16.5. The predicted molar refractivity (Wildman–Crippen MR) is 78.8 cm³/mol. The summed E-state index contributed by atoms with van der Waals surface area (Å²) < 4.78 is 5.60. The van der Waals surface area contributed by atoms with Crippen LogP contribution in [-0.2, 0) is 6.54 Å². The van der Waals surface area contributed by atoms with E-state index in [-0.39, 0.29) is 11.7 Å². The average molecular weight is 273 g/mol. The zero-order valence-electron chi connectivity index (χ0n) is 11.9. The smallest absolute Gasteiger partial charge is 0.268 e. The summed E-state index contributed by atoms with van der Waals surface area (Å²) in [5.41, 5.74) is 2.18. The summed E-state index contributed by atoms with van der Waals surface area (Å²) in [6.07, 6.45) is 0.147. The van der Waals surface area contributed by atoms with Crippen molar-refractivity contribution in [1.29, 1.82) is 0 Å². The van der Waals surface area contributed by atoms with Crippen LogP contribution >= 0.6 is 0 Å². The predicted octanol–water partition coefficient (Wildman–Crippen LogP) is 1.94. The van der Waals surface area contributed by atoms with Gasteiger partial charge in [-0.05, 0) is 51.2 Å². The Morgan fingerprint density at radius 3 is 2.60 bits per heavy atom. The molecule has 106 valence electrons.